The van der Waals surface area contributed by atoms with E-state index < -0.39 is 35.7 Å². The molecule has 2 amide bonds. The molecule has 168 valence electrons. The molecule has 0 aliphatic heterocycles. The molecule has 2 atom stereocenters. The highest BCUT2D eigenvalue weighted by atomic mass is 16.6. The molecular formula is C23H36N2O5. The highest BCUT2D eigenvalue weighted by molar-refractivity contribution is 5.89. The average molecular weight is 421 g/mol. The van der Waals surface area contributed by atoms with Gasteiger partial charge in [0, 0.05) is 14.1 Å². The number of likely N-dealkylation sites (N-methyl/N-ethyl adjacent to an activating group) is 2. The van der Waals surface area contributed by atoms with E-state index >= 15 is 0 Å². The van der Waals surface area contributed by atoms with Crippen molar-refractivity contribution in [3.8, 4) is 0 Å². The fourth-order valence-corrected chi connectivity index (χ4v) is 3.15. The highest BCUT2D eigenvalue weighted by Gasteiger charge is 2.36. The lowest BCUT2D eigenvalue weighted by atomic mass is 9.99. The van der Waals surface area contributed by atoms with Crippen LogP contribution in [0.15, 0.2) is 30.3 Å². The first-order valence-electron chi connectivity index (χ1n) is 10.3. The predicted octanol–water partition coefficient (Wildman–Crippen LogP) is 3.81. The maximum absolute atomic E-state index is 13.3. The van der Waals surface area contributed by atoms with Crippen LogP contribution in [0.4, 0.5) is 4.79 Å². The van der Waals surface area contributed by atoms with Crippen molar-refractivity contribution in [3.63, 3.8) is 0 Å². The van der Waals surface area contributed by atoms with Crippen molar-refractivity contribution in [2.24, 2.45) is 5.92 Å². The lowest BCUT2D eigenvalue weighted by Crippen LogP contribution is -2.54. The van der Waals surface area contributed by atoms with Crippen molar-refractivity contribution in [3.05, 3.63) is 35.9 Å². The Hall–Kier alpha value is -2.57. The van der Waals surface area contributed by atoms with E-state index in [9.17, 15) is 19.5 Å². The van der Waals surface area contributed by atoms with Gasteiger partial charge in [-0.15, -0.1) is 0 Å². The molecule has 7 nitrogen and oxygen atoms in total. The molecule has 1 aromatic rings. The lowest BCUT2D eigenvalue weighted by molar-refractivity contribution is -0.151. The summed E-state index contributed by atoms with van der Waals surface area (Å²) in [6.07, 6.45) is 0.619. The van der Waals surface area contributed by atoms with Crippen LogP contribution in [0.3, 0.4) is 0 Å². The summed E-state index contributed by atoms with van der Waals surface area (Å²) < 4.78 is 5.41. The third-order valence-electron chi connectivity index (χ3n) is 4.78. The van der Waals surface area contributed by atoms with Gasteiger partial charge in [-0.1, -0.05) is 44.2 Å². The van der Waals surface area contributed by atoms with Gasteiger partial charge in [-0.3, -0.25) is 9.69 Å². The summed E-state index contributed by atoms with van der Waals surface area (Å²) in [5.41, 5.74) is 0.316. The van der Waals surface area contributed by atoms with Gasteiger partial charge in [-0.05, 0) is 51.5 Å². The molecule has 0 saturated heterocycles. The maximum Gasteiger partial charge on any atom is 0.410 e. The number of aliphatic carboxylic acids is 1. The Morgan fingerprint density at radius 1 is 1.00 bits per heavy atom. The maximum atomic E-state index is 13.3. The summed E-state index contributed by atoms with van der Waals surface area (Å²) in [5, 5.41) is 9.74. The zero-order chi connectivity index (χ0) is 23.1. The molecule has 0 radical (unpaired) electrons. The number of hydrogen-bond donors (Lipinski definition) is 1. The number of amides is 2. The number of hydrogen-bond acceptors (Lipinski definition) is 4. The minimum Gasteiger partial charge on any atom is -0.480 e. The molecule has 0 spiro atoms. The predicted molar refractivity (Wildman–Crippen MR) is 116 cm³/mol. The fourth-order valence-electron chi connectivity index (χ4n) is 3.15. The van der Waals surface area contributed by atoms with E-state index in [0.29, 0.717) is 12.8 Å². The van der Waals surface area contributed by atoms with Crippen LogP contribution in [0.1, 0.15) is 53.0 Å². The molecular weight excluding hydrogens is 384 g/mol. The van der Waals surface area contributed by atoms with Crippen LogP contribution in [-0.4, -0.2) is 64.7 Å². The number of benzene rings is 1. The smallest absolute Gasteiger partial charge is 0.410 e. The van der Waals surface area contributed by atoms with Gasteiger partial charge in [0.25, 0.3) is 0 Å². The monoisotopic (exact) mass is 420 g/mol. The van der Waals surface area contributed by atoms with Gasteiger partial charge in [0.2, 0.25) is 5.91 Å². The molecule has 30 heavy (non-hydrogen) atoms. The highest BCUT2D eigenvalue weighted by Crippen LogP contribution is 2.19. The summed E-state index contributed by atoms with van der Waals surface area (Å²) in [6, 6.07) is 7.76. The molecule has 2 unspecified atom stereocenters. The van der Waals surface area contributed by atoms with Crippen LogP contribution in [0.2, 0.25) is 0 Å². The molecule has 1 rings (SSSR count). The zero-order valence-corrected chi connectivity index (χ0v) is 19.2. The van der Waals surface area contributed by atoms with Crippen LogP contribution < -0.4 is 0 Å². The number of carbonyl (C=O) groups excluding carboxylic acids is 2. The summed E-state index contributed by atoms with van der Waals surface area (Å²) in [5.74, 6) is -1.34. The minimum atomic E-state index is -1.06. The second kappa shape index (κ2) is 11.0. The van der Waals surface area contributed by atoms with Crippen molar-refractivity contribution in [1.82, 2.24) is 9.80 Å². The van der Waals surface area contributed by atoms with E-state index in [4.69, 9.17) is 4.74 Å². The molecule has 1 aromatic carbocycles. The van der Waals surface area contributed by atoms with Crippen molar-refractivity contribution in [1.29, 1.82) is 0 Å². The standard InChI is InChI=1S/C23H36N2O5/c1-16(2)15-19(25(7)22(29)30-23(3,4)5)20(26)24(6)18(21(27)28)14-13-17-11-9-8-10-12-17/h8-12,16,18-19H,13-15H2,1-7H3,(H,27,28). The van der Waals surface area contributed by atoms with Gasteiger partial charge in [0.15, 0.2) is 0 Å². The third-order valence-corrected chi connectivity index (χ3v) is 4.78. The number of carbonyl (C=O) groups is 3. The first kappa shape index (κ1) is 25.5. The topological polar surface area (TPSA) is 87.2 Å². The fraction of sp³-hybridized carbons (Fsp3) is 0.609. The molecule has 0 fully saturated rings. The Morgan fingerprint density at radius 3 is 2.03 bits per heavy atom. The van der Waals surface area contributed by atoms with E-state index in [1.54, 1.807) is 20.8 Å². The van der Waals surface area contributed by atoms with Gasteiger partial charge in [0.1, 0.15) is 17.7 Å². The number of nitrogens with zero attached hydrogens (tertiary/aromatic N) is 2. The molecule has 7 heteroatoms. The van der Waals surface area contributed by atoms with Crippen LogP contribution in [-0.2, 0) is 20.7 Å². The normalized spacial score (nSPS) is 13.5. The Labute approximate surface area is 180 Å². The van der Waals surface area contributed by atoms with E-state index in [-0.39, 0.29) is 12.3 Å². The van der Waals surface area contributed by atoms with Crippen LogP contribution >= 0.6 is 0 Å². The van der Waals surface area contributed by atoms with E-state index in [2.05, 4.69) is 0 Å². The average Bonchev–Trinajstić information content (AvgIpc) is 2.64. The molecule has 0 aliphatic carbocycles. The largest absolute Gasteiger partial charge is 0.480 e. The van der Waals surface area contributed by atoms with Crippen molar-refractivity contribution >= 4 is 18.0 Å². The molecule has 0 bridgehead atoms. The van der Waals surface area contributed by atoms with Crippen LogP contribution in [0.25, 0.3) is 0 Å². The van der Waals surface area contributed by atoms with Crippen LogP contribution in [0, 0.1) is 5.92 Å². The number of carboxylic acid groups (broad SMARTS) is 1. The summed E-state index contributed by atoms with van der Waals surface area (Å²) in [7, 11) is 3.01. The van der Waals surface area contributed by atoms with Gasteiger partial charge >= 0.3 is 12.1 Å². The SMILES string of the molecule is CC(C)CC(C(=O)N(C)C(CCc1ccccc1)C(=O)O)N(C)C(=O)OC(C)(C)C. The molecule has 0 aliphatic rings. The van der Waals surface area contributed by atoms with Gasteiger partial charge in [-0.2, -0.15) is 0 Å². The Kier molecular flexibility index (Phi) is 9.33. The Bertz CT molecular complexity index is 712. The molecule has 0 aromatic heterocycles. The van der Waals surface area contributed by atoms with Crippen molar-refractivity contribution in [2.45, 2.75) is 71.6 Å². The van der Waals surface area contributed by atoms with Gasteiger partial charge in [-0.25, -0.2) is 9.59 Å². The first-order valence-corrected chi connectivity index (χ1v) is 10.3. The number of ether oxygens (including phenoxy) is 1. The third kappa shape index (κ3) is 8.05. The van der Waals surface area contributed by atoms with Crippen molar-refractivity contribution < 1.29 is 24.2 Å². The van der Waals surface area contributed by atoms with E-state index in [1.807, 2.05) is 44.2 Å². The summed E-state index contributed by atoms with van der Waals surface area (Å²) in [6.45, 7) is 9.18. The second-order valence-corrected chi connectivity index (χ2v) is 9.06. The van der Waals surface area contributed by atoms with E-state index in [1.165, 1.54) is 23.9 Å². The molecule has 0 saturated carbocycles. The van der Waals surface area contributed by atoms with Crippen LogP contribution in [0.5, 0.6) is 0 Å². The van der Waals surface area contributed by atoms with Gasteiger partial charge < -0.3 is 14.7 Å². The minimum absolute atomic E-state index is 0.129. The number of carboxylic acids is 1. The quantitative estimate of drug-likeness (QED) is 0.656. The first-order chi connectivity index (χ1) is 13.8. The molecule has 1 N–H and O–H groups in total. The number of aryl methyl sites for hydroxylation is 1. The molecule has 0 heterocycles. The lowest BCUT2D eigenvalue weighted by Gasteiger charge is -2.35. The van der Waals surface area contributed by atoms with Gasteiger partial charge in [0.05, 0.1) is 0 Å². The Balaban J connectivity index is 3.00. The number of rotatable bonds is 9. The van der Waals surface area contributed by atoms with E-state index in [0.717, 1.165) is 5.56 Å². The summed E-state index contributed by atoms with van der Waals surface area (Å²) in [4.78, 5) is 40.2. The van der Waals surface area contributed by atoms with Crippen molar-refractivity contribution in [2.75, 3.05) is 14.1 Å². The second-order valence-electron chi connectivity index (χ2n) is 9.06. The zero-order valence-electron chi connectivity index (χ0n) is 19.2. The summed E-state index contributed by atoms with van der Waals surface area (Å²) >= 11 is 0. The Morgan fingerprint density at radius 2 is 1.57 bits per heavy atom.